The number of fused-ring (bicyclic) bond motifs is 5. The predicted molar refractivity (Wildman–Crippen MR) is 90.4 cm³/mol. The number of hydrogen-bond donors (Lipinski definition) is 0. The molecule has 1 aromatic heterocycles. The topological polar surface area (TPSA) is 17.1 Å². The monoisotopic (exact) mass is 306 g/mol. The highest BCUT2D eigenvalue weighted by atomic mass is 32.1. The molecule has 3 aliphatic rings. The SMILES string of the molecule is O=C1C(c2ccccc2)=C(c2ccsc2)[C@H]2[C@@H]3CC[C@@H](C3)[C@@H]12. The fourth-order valence-electron chi connectivity index (χ4n) is 5.21. The van der Waals surface area contributed by atoms with Crippen molar-refractivity contribution >= 4 is 28.3 Å². The van der Waals surface area contributed by atoms with E-state index in [2.05, 4.69) is 29.0 Å². The molecule has 2 aromatic rings. The van der Waals surface area contributed by atoms with Crippen LogP contribution < -0.4 is 0 Å². The average molecular weight is 306 g/mol. The van der Waals surface area contributed by atoms with Crippen molar-refractivity contribution in [2.45, 2.75) is 19.3 Å². The molecule has 0 amide bonds. The number of ketones is 1. The Morgan fingerprint density at radius 3 is 2.41 bits per heavy atom. The standard InChI is InChI=1S/C20H18OS/c21-20-18(12-4-2-1-3-5-12)17(15-8-9-22-11-15)16-13-6-7-14(10-13)19(16)20/h1-5,8-9,11,13-14,16,19H,6-7,10H2/t13-,14+,16-,19-/m1/s1. The fourth-order valence-corrected chi connectivity index (χ4v) is 5.86. The zero-order chi connectivity index (χ0) is 14.7. The Morgan fingerprint density at radius 1 is 0.909 bits per heavy atom. The summed E-state index contributed by atoms with van der Waals surface area (Å²) < 4.78 is 0. The van der Waals surface area contributed by atoms with E-state index >= 15 is 0 Å². The zero-order valence-electron chi connectivity index (χ0n) is 12.4. The van der Waals surface area contributed by atoms with Crippen LogP contribution in [0.25, 0.3) is 11.1 Å². The quantitative estimate of drug-likeness (QED) is 0.771. The summed E-state index contributed by atoms with van der Waals surface area (Å²) in [5.74, 6) is 2.54. The molecule has 0 saturated heterocycles. The Kier molecular flexibility index (Phi) is 2.72. The van der Waals surface area contributed by atoms with E-state index in [1.807, 2.05) is 18.2 Å². The molecule has 3 aliphatic carbocycles. The first-order chi connectivity index (χ1) is 10.8. The van der Waals surface area contributed by atoms with Gasteiger partial charge >= 0.3 is 0 Å². The van der Waals surface area contributed by atoms with Gasteiger partial charge in [-0.15, -0.1) is 0 Å². The molecule has 1 heterocycles. The second kappa shape index (κ2) is 4.66. The normalized spacial score (nSPS) is 32.8. The van der Waals surface area contributed by atoms with Gasteiger partial charge in [0.2, 0.25) is 0 Å². The van der Waals surface area contributed by atoms with Crippen molar-refractivity contribution in [2.75, 3.05) is 0 Å². The van der Waals surface area contributed by atoms with Crippen LogP contribution in [0.3, 0.4) is 0 Å². The highest BCUT2D eigenvalue weighted by Crippen LogP contribution is 2.62. The summed E-state index contributed by atoms with van der Waals surface area (Å²) >= 11 is 1.73. The number of carbonyl (C=O) groups is 1. The van der Waals surface area contributed by atoms with Gasteiger partial charge in [0, 0.05) is 11.5 Å². The first-order valence-corrected chi connectivity index (χ1v) is 9.15. The van der Waals surface area contributed by atoms with Crippen molar-refractivity contribution in [3.05, 3.63) is 58.3 Å². The molecular weight excluding hydrogens is 288 g/mol. The lowest BCUT2D eigenvalue weighted by atomic mass is 9.77. The van der Waals surface area contributed by atoms with E-state index in [0.717, 1.165) is 17.1 Å². The van der Waals surface area contributed by atoms with E-state index in [9.17, 15) is 4.79 Å². The molecule has 2 saturated carbocycles. The molecule has 0 spiro atoms. The number of hydrogen-bond acceptors (Lipinski definition) is 2. The lowest BCUT2D eigenvalue weighted by Crippen LogP contribution is -2.24. The van der Waals surface area contributed by atoms with Gasteiger partial charge in [-0.1, -0.05) is 30.3 Å². The Labute approximate surface area is 134 Å². The second-order valence-electron chi connectivity index (χ2n) is 6.92. The van der Waals surface area contributed by atoms with E-state index in [-0.39, 0.29) is 5.92 Å². The summed E-state index contributed by atoms with van der Waals surface area (Å²) in [7, 11) is 0. The molecule has 5 rings (SSSR count). The van der Waals surface area contributed by atoms with Crippen molar-refractivity contribution < 1.29 is 4.79 Å². The molecular formula is C20H18OS. The molecule has 4 atom stereocenters. The van der Waals surface area contributed by atoms with Gasteiger partial charge in [0.25, 0.3) is 0 Å². The van der Waals surface area contributed by atoms with Gasteiger partial charge in [-0.05, 0) is 70.5 Å². The molecule has 22 heavy (non-hydrogen) atoms. The van der Waals surface area contributed by atoms with Crippen LogP contribution >= 0.6 is 11.3 Å². The van der Waals surface area contributed by atoms with E-state index in [1.54, 1.807) is 11.3 Å². The molecule has 110 valence electrons. The summed E-state index contributed by atoms with van der Waals surface area (Å²) in [5, 5.41) is 4.36. The first-order valence-electron chi connectivity index (χ1n) is 8.21. The van der Waals surface area contributed by atoms with E-state index in [4.69, 9.17) is 0 Å². The molecule has 2 bridgehead atoms. The maximum absolute atomic E-state index is 13.2. The van der Waals surface area contributed by atoms with Crippen LogP contribution in [0, 0.1) is 23.7 Å². The molecule has 0 aliphatic heterocycles. The summed E-state index contributed by atoms with van der Waals surface area (Å²) in [6.07, 6.45) is 3.85. The smallest absolute Gasteiger partial charge is 0.167 e. The van der Waals surface area contributed by atoms with Gasteiger partial charge in [-0.2, -0.15) is 11.3 Å². The van der Waals surface area contributed by atoms with Crippen molar-refractivity contribution in [2.24, 2.45) is 23.7 Å². The highest BCUT2D eigenvalue weighted by molar-refractivity contribution is 7.08. The average Bonchev–Trinajstić information content (AvgIpc) is 3.31. The van der Waals surface area contributed by atoms with Crippen LogP contribution in [0.15, 0.2) is 47.2 Å². The van der Waals surface area contributed by atoms with E-state index < -0.39 is 0 Å². The number of allylic oxidation sites excluding steroid dienone is 2. The number of benzene rings is 1. The first kappa shape index (κ1) is 12.8. The highest BCUT2D eigenvalue weighted by Gasteiger charge is 2.57. The Morgan fingerprint density at radius 2 is 1.68 bits per heavy atom. The molecule has 1 aromatic carbocycles. The Balaban J connectivity index is 1.75. The van der Waals surface area contributed by atoms with Crippen molar-refractivity contribution in [1.29, 1.82) is 0 Å². The minimum absolute atomic E-state index is 0.267. The summed E-state index contributed by atoms with van der Waals surface area (Å²) in [6.45, 7) is 0. The Hall–Kier alpha value is -1.67. The van der Waals surface area contributed by atoms with Crippen LogP contribution in [-0.4, -0.2) is 5.78 Å². The molecule has 1 nitrogen and oxygen atoms in total. The predicted octanol–water partition coefficient (Wildman–Crippen LogP) is 4.90. The van der Waals surface area contributed by atoms with Crippen LogP contribution in [-0.2, 0) is 4.79 Å². The summed E-state index contributed by atoms with van der Waals surface area (Å²) in [4.78, 5) is 13.2. The van der Waals surface area contributed by atoms with Crippen molar-refractivity contribution in [3.8, 4) is 0 Å². The molecule has 0 N–H and O–H groups in total. The van der Waals surface area contributed by atoms with Crippen LogP contribution in [0.2, 0.25) is 0 Å². The van der Waals surface area contributed by atoms with Crippen molar-refractivity contribution in [1.82, 2.24) is 0 Å². The van der Waals surface area contributed by atoms with E-state index in [0.29, 0.717) is 17.6 Å². The summed E-state index contributed by atoms with van der Waals surface area (Å²) in [6, 6.07) is 12.5. The third-order valence-corrected chi connectivity index (χ3v) is 6.65. The third-order valence-electron chi connectivity index (χ3n) is 5.96. The lowest BCUT2D eigenvalue weighted by Gasteiger charge is -2.25. The minimum Gasteiger partial charge on any atom is -0.294 e. The maximum atomic E-state index is 13.2. The maximum Gasteiger partial charge on any atom is 0.167 e. The number of thiophene rings is 1. The number of carbonyl (C=O) groups excluding carboxylic acids is 1. The van der Waals surface area contributed by atoms with E-state index in [1.165, 1.54) is 30.4 Å². The van der Waals surface area contributed by atoms with Crippen LogP contribution in [0.5, 0.6) is 0 Å². The van der Waals surface area contributed by atoms with Crippen LogP contribution in [0.1, 0.15) is 30.4 Å². The number of rotatable bonds is 2. The van der Waals surface area contributed by atoms with Gasteiger partial charge in [0.05, 0.1) is 0 Å². The zero-order valence-corrected chi connectivity index (χ0v) is 13.2. The van der Waals surface area contributed by atoms with Crippen molar-refractivity contribution in [3.63, 3.8) is 0 Å². The van der Waals surface area contributed by atoms with Gasteiger partial charge in [-0.3, -0.25) is 4.79 Å². The largest absolute Gasteiger partial charge is 0.294 e. The van der Waals surface area contributed by atoms with Gasteiger partial charge < -0.3 is 0 Å². The fraction of sp³-hybridized carbons (Fsp3) is 0.350. The third kappa shape index (κ3) is 1.62. The van der Waals surface area contributed by atoms with Crippen LogP contribution in [0.4, 0.5) is 0 Å². The lowest BCUT2D eigenvalue weighted by molar-refractivity contribution is -0.118. The van der Waals surface area contributed by atoms with Gasteiger partial charge in [-0.25, -0.2) is 0 Å². The van der Waals surface area contributed by atoms with Gasteiger partial charge in [0.1, 0.15) is 0 Å². The second-order valence-corrected chi connectivity index (χ2v) is 7.70. The molecule has 2 fully saturated rings. The minimum atomic E-state index is 0.267. The molecule has 0 unspecified atom stereocenters. The van der Waals surface area contributed by atoms with Gasteiger partial charge in [0.15, 0.2) is 5.78 Å². The number of Topliss-reactive ketones (excluding diaryl/α,β-unsaturated/α-hetero) is 1. The molecule has 2 heteroatoms. The summed E-state index contributed by atoms with van der Waals surface area (Å²) in [5.41, 5.74) is 4.78. The molecule has 0 radical (unpaired) electrons. The Bertz CT molecular complexity index is 756.